The lowest BCUT2D eigenvalue weighted by molar-refractivity contribution is -0.123. The number of ether oxygens (including phenoxy) is 2. The van der Waals surface area contributed by atoms with Crippen LogP contribution in [-0.4, -0.2) is 50.3 Å². The third-order valence-electron chi connectivity index (χ3n) is 4.03. The number of halogens is 1. The summed E-state index contributed by atoms with van der Waals surface area (Å²) in [7, 11) is 0. The Labute approximate surface area is 145 Å². The van der Waals surface area contributed by atoms with Gasteiger partial charge in [-0.25, -0.2) is 4.39 Å². The average molecular weight is 348 g/mol. The molecule has 1 aliphatic heterocycles. The molecule has 1 unspecified atom stereocenters. The fraction of sp³-hybridized carbons (Fsp3) is 0.389. The Morgan fingerprint density at radius 1 is 1.24 bits per heavy atom. The van der Waals surface area contributed by atoms with Crippen LogP contribution in [0.3, 0.4) is 0 Å². The molecule has 0 aliphatic carbocycles. The molecule has 1 saturated heterocycles. The highest BCUT2D eigenvalue weighted by atomic mass is 19.1. The van der Waals surface area contributed by atoms with Gasteiger partial charge in [0.05, 0.1) is 25.5 Å². The number of nitrogens with zero attached hydrogens (tertiary/aromatic N) is 1. The van der Waals surface area contributed by atoms with Gasteiger partial charge in [-0.15, -0.1) is 0 Å². The molecule has 3 rings (SSSR count). The van der Waals surface area contributed by atoms with Crippen LogP contribution in [0.5, 0.6) is 5.75 Å². The van der Waals surface area contributed by atoms with Crippen molar-refractivity contribution >= 4 is 5.91 Å². The maximum absolute atomic E-state index is 12.8. The lowest BCUT2D eigenvalue weighted by atomic mass is 10.1. The minimum Gasteiger partial charge on any atom is -0.484 e. The van der Waals surface area contributed by atoms with Gasteiger partial charge in [0.2, 0.25) is 0 Å². The van der Waals surface area contributed by atoms with E-state index in [9.17, 15) is 9.18 Å². The molecule has 25 heavy (non-hydrogen) atoms. The number of rotatable bonds is 7. The van der Waals surface area contributed by atoms with Gasteiger partial charge in [0.25, 0.3) is 5.91 Å². The van der Waals surface area contributed by atoms with Crippen molar-refractivity contribution < 1.29 is 23.1 Å². The molecule has 2 aromatic rings. The zero-order valence-corrected chi connectivity index (χ0v) is 13.8. The zero-order chi connectivity index (χ0) is 17.5. The quantitative estimate of drug-likeness (QED) is 0.829. The normalized spacial score (nSPS) is 16.4. The van der Waals surface area contributed by atoms with E-state index in [1.54, 1.807) is 6.26 Å². The molecule has 1 atom stereocenters. The maximum atomic E-state index is 12.8. The van der Waals surface area contributed by atoms with E-state index in [-0.39, 0.29) is 24.4 Å². The van der Waals surface area contributed by atoms with Crippen LogP contribution in [0.15, 0.2) is 47.1 Å². The summed E-state index contributed by atoms with van der Waals surface area (Å²) in [6.45, 7) is 3.19. The van der Waals surface area contributed by atoms with Gasteiger partial charge in [0.1, 0.15) is 17.3 Å². The Bertz CT molecular complexity index is 654. The molecule has 1 fully saturated rings. The van der Waals surface area contributed by atoms with E-state index in [0.717, 1.165) is 18.8 Å². The summed E-state index contributed by atoms with van der Waals surface area (Å²) in [4.78, 5) is 14.3. The zero-order valence-electron chi connectivity index (χ0n) is 13.8. The van der Waals surface area contributed by atoms with E-state index >= 15 is 0 Å². The summed E-state index contributed by atoms with van der Waals surface area (Å²) < 4.78 is 29.1. The van der Waals surface area contributed by atoms with Crippen molar-refractivity contribution in [2.24, 2.45) is 0 Å². The smallest absolute Gasteiger partial charge is 0.258 e. The van der Waals surface area contributed by atoms with Crippen molar-refractivity contribution in [2.45, 2.75) is 6.04 Å². The number of benzene rings is 1. The highest BCUT2D eigenvalue weighted by Crippen LogP contribution is 2.21. The molecule has 1 aromatic heterocycles. The molecular weight excluding hydrogens is 327 g/mol. The molecule has 1 aliphatic rings. The van der Waals surface area contributed by atoms with Gasteiger partial charge in [-0.05, 0) is 36.4 Å². The van der Waals surface area contributed by atoms with Gasteiger partial charge in [-0.1, -0.05) is 0 Å². The fourth-order valence-corrected chi connectivity index (χ4v) is 2.72. The number of carbonyl (C=O) groups is 1. The summed E-state index contributed by atoms with van der Waals surface area (Å²) in [5.41, 5.74) is 0. The Morgan fingerprint density at radius 2 is 2.00 bits per heavy atom. The van der Waals surface area contributed by atoms with Crippen molar-refractivity contribution in [1.82, 2.24) is 10.2 Å². The minimum atomic E-state index is -0.344. The average Bonchev–Trinajstić information content (AvgIpc) is 3.17. The number of hydrogen-bond donors (Lipinski definition) is 1. The molecule has 0 bridgehead atoms. The summed E-state index contributed by atoms with van der Waals surface area (Å²) in [5, 5.41) is 2.87. The molecule has 134 valence electrons. The predicted octanol–water partition coefficient (Wildman–Crippen LogP) is 1.99. The monoisotopic (exact) mass is 348 g/mol. The summed E-state index contributed by atoms with van der Waals surface area (Å²) >= 11 is 0. The van der Waals surface area contributed by atoms with Gasteiger partial charge < -0.3 is 19.2 Å². The molecule has 1 amide bonds. The first kappa shape index (κ1) is 17.4. The Hall–Kier alpha value is -2.38. The van der Waals surface area contributed by atoms with Crippen LogP contribution in [0.25, 0.3) is 0 Å². The van der Waals surface area contributed by atoms with Crippen molar-refractivity contribution in [3.63, 3.8) is 0 Å². The minimum absolute atomic E-state index is 0.0475. The SMILES string of the molecule is O=C(COc1ccc(F)cc1)NCC(c1ccco1)N1CCOCC1. The van der Waals surface area contributed by atoms with Gasteiger partial charge >= 0.3 is 0 Å². The van der Waals surface area contributed by atoms with E-state index in [1.807, 2.05) is 12.1 Å². The highest BCUT2D eigenvalue weighted by molar-refractivity contribution is 5.77. The van der Waals surface area contributed by atoms with Crippen LogP contribution in [0.4, 0.5) is 4.39 Å². The number of amides is 1. The van der Waals surface area contributed by atoms with Crippen LogP contribution in [-0.2, 0) is 9.53 Å². The van der Waals surface area contributed by atoms with Gasteiger partial charge in [0.15, 0.2) is 6.61 Å². The van der Waals surface area contributed by atoms with Gasteiger partial charge in [0, 0.05) is 19.6 Å². The molecule has 7 heteroatoms. The van der Waals surface area contributed by atoms with Crippen LogP contribution >= 0.6 is 0 Å². The van der Waals surface area contributed by atoms with E-state index in [4.69, 9.17) is 13.9 Å². The molecule has 0 saturated carbocycles. The van der Waals surface area contributed by atoms with Crippen LogP contribution in [0.2, 0.25) is 0 Å². The number of morpholine rings is 1. The van der Waals surface area contributed by atoms with Crippen LogP contribution < -0.4 is 10.1 Å². The van der Waals surface area contributed by atoms with E-state index in [1.165, 1.54) is 24.3 Å². The summed E-state index contributed by atoms with van der Waals surface area (Å²) in [5.74, 6) is 0.673. The van der Waals surface area contributed by atoms with Crippen LogP contribution in [0.1, 0.15) is 11.8 Å². The highest BCUT2D eigenvalue weighted by Gasteiger charge is 2.25. The molecule has 1 aromatic carbocycles. The second-order valence-corrected chi connectivity index (χ2v) is 5.73. The van der Waals surface area contributed by atoms with Crippen molar-refractivity contribution in [1.29, 1.82) is 0 Å². The summed E-state index contributed by atoms with van der Waals surface area (Å²) in [6.07, 6.45) is 1.63. The number of furan rings is 1. The number of nitrogens with one attached hydrogen (secondary N) is 1. The Balaban J connectivity index is 1.51. The predicted molar refractivity (Wildman–Crippen MR) is 88.7 cm³/mol. The third kappa shape index (κ3) is 5.04. The molecule has 0 radical (unpaired) electrons. The largest absolute Gasteiger partial charge is 0.484 e. The fourth-order valence-electron chi connectivity index (χ4n) is 2.72. The molecule has 1 N–H and O–H groups in total. The van der Waals surface area contributed by atoms with E-state index in [2.05, 4.69) is 10.2 Å². The van der Waals surface area contributed by atoms with Crippen molar-refractivity contribution in [2.75, 3.05) is 39.5 Å². The van der Waals surface area contributed by atoms with Crippen molar-refractivity contribution in [3.05, 3.63) is 54.2 Å². The van der Waals surface area contributed by atoms with E-state index < -0.39 is 0 Å². The second kappa shape index (κ2) is 8.64. The molecule has 2 heterocycles. The lowest BCUT2D eigenvalue weighted by Gasteiger charge is -2.33. The molecule has 0 spiro atoms. The number of carbonyl (C=O) groups excluding carboxylic acids is 1. The standard InChI is InChI=1S/C18H21FN2O4/c19-14-3-5-15(6-4-14)25-13-18(22)20-12-16(17-2-1-9-24-17)21-7-10-23-11-8-21/h1-6,9,16H,7-8,10-13H2,(H,20,22). The number of hydrogen-bond acceptors (Lipinski definition) is 5. The topological polar surface area (TPSA) is 63.9 Å². The van der Waals surface area contributed by atoms with E-state index in [0.29, 0.717) is 25.5 Å². The second-order valence-electron chi connectivity index (χ2n) is 5.73. The first-order chi connectivity index (χ1) is 12.2. The van der Waals surface area contributed by atoms with Crippen LogP contribution in [0, 0.1) is 5.82 Å². The summed E-state index contributed by atoms with van der Waals surface area (Å²) in [6, 6.07) is 9.25. The Kier molecular flexibility index (Phi) is 6.03. The first-order valence-electron chi connectivity index (χ1n) is 8.22. The lowest BCUT2D eigenvalue weighted by Crippen LogP contribution is -2.44. The first-order valence-corrected chi connectivity index (χ1v) is 8.22. The van der Waals surface area contributed by atoms with Gasteiger partial charge in [-0.2, -0.15) is 0 Å². The Morgan fingerprint density at radius 3 is 2.68 bits per heavy atom. The van der Waals surface area contributed by atoms with Gasteiger partial charge in [-0.3, -0.25) is 9.69 Å². The third-order valence-corrected chi connectivity index (χ3v) is 4.03. The van der Waals surface area contributed by atoms with Crippen molar-refractivity contribution in [3.8, 4) is 5.75 Å². The molecular formula is C18H21FN2O4. The maximum Gasteiger partial charge on any atom is 0.258 e. The molecule has 6 nitrogen and oxygen atoms in total.